The van der Waals surface area contributed by atoms with Gasteiger partial charge in [0.15, 0.2) is 5.78 Å². The van der Waals surface area contributed by atoms with Crippen molar-refractivity contribution in [3.05, 3.63) is 24.0 Å². The van der Waals surface area contributed by atoms with Gasteiger partial charge in [-0.3, -0.25) is 9.59 Å². The first kappa shape index (κ1) is 12.9. The molecule has 0 aliphatic carbocycles. The number of allylic oxidation sites excluding steroid dienone is 3. The van der Waals surface area contributed by atoms with Crippen LogP contribution in [0.3, 0.4) is 0 Å². The van der Waals surface area contributed by atoms with E-state index in [4.69, 9.17) is 15.3 Å². The van der Waals surface area contributed by atoms with E-state index in [1.54, 1.807) is 0 Å². The van der Waals surface area contributed by atoms with Crippen LogP contribution in [0.5, 0.6) is 0 Å². The number of ketones is 1. The molecule has 0 amide bonds. The minimum absolute atomic E-state index is 0.159. The summed E-state index contributed by atoms with van der Waals surface area (Å²) in [6.07, 6.45) is 2.45. The van der Waals surface area contributed by atoms with E-state index < -0.39 is 23.5 Å². The van der Waals surface area contributed by atoms with Crippen LogP contribution >= 0.6 is 0 Å². The van der Waals surface area contributed by atoms with Gasteiger partial charge in [-0.05, 0) is 12.2 Å². The summed E-state index contributed by atoms with van der Waals surface area (Å²) in [6, 6.07) is 0. The van der Waals surface area contributed by atoms with E-state index in [0.717, 1.165) is 18.2 Å². The smallest absolute Gasteiger partial charge is 0.370 e. The van der Waals surface area contributed by atoms with E-state index in [0.29, 0.717) is 0 Å². The second-order valence-corrected chi connectivity index (χ2v) is 2.58. The molecule has 0 aliphatic heterocycles. The largest absolute Gasteiger partial charge is 0.502 e. The summed E-state index contributed by atoms with van der Waals surface area (Å²) in [5.74, 6) is -3.93. The molecule has 6 nitrogen and oxygen atoms in total. The quantitative estimate of drug-likeness (QED) is 0.337. The fraction of sp³-hybridized carbons (Fsp3) is 0.222. The molecule has 0 atom stereocenters. The normalized spacial score (nSPS) is 11.6. The van der Waals surface area contributed by atoms with E-state index in [9.17, 15) is 14.4 Å². The Morgan fingerprint density at radius 1 is 1.00 bits per heavy atom. The molecule has 0 saturated heterocycles. The van der Waals surface area contributed by atoms with Crippen molar-refractivity contribution in [2.45, 2.75) is 12.8 Å². The number of hydrogen-bond acceptors (Lipinski definition) is 4. The molecule has 0 radical (unpaired) electrons. The standard InChI is InChI=1S/C9H10O6/c10-6(4-5-8(12)13)2-1-3-7(11)9(14)15/h1-3,11H,4-5H2,(H,12,13)(H,14,15). The average molecular weight is 214 g/mol. The van der Waals surface area contributed by atoms with Gasteiger partial charge in [0.25, 0.3) is 0 Å². The van der Waals surface area contributed by atoms with Crippen molar-refractivity contribution in [1.82, 2.24) is 0 Å². The predicted octanol–water partition coefficient (Wildman–Crippen LogP) is 0.503. The number of carboxylic acids is 2. The van der Waals surface area contributed by atoms with E-state index in [2.05, 4.69) is 0 Å². The van der Waals surface area contributed by atoms with Crippen LogP contribution in [0.2, 0.25) is 0 Å². The van der Waals surface area contributed by atoms with Gasteiger partial charge in [0, 0.05) is 6.42 Å². The van der Waals surface area contributed by atoms with Gasteiger partial charge in [0.2, 0.25) is 5.76 Å². The molecule has 0 aliphatic rings. The van der Waals surface area contributed by atoms with Gasteiger partial charge in [0.05, 0.1) is 6.42 Å². The fourth-order valence-corrected chi connectivity index (χ4v) is 0.631. The Morgan fingerprint density at radius 3 is 2.07 bits per heavy atom. The second kappa shape index (κ2) is 6.36. The molecular formula is C9H10O6. The highest BCUT2D eigenvalue weighted by molar-refractivity contribution is 5.92. The summed E-state index contributed by atoms with van der Waals surface area (Å²) < 4.78 is 0. The maximum atomic E-state index is 10.9. The van der Waals surface area contributed by atoms with Gasteiger partial charge in [-0.2, -0.15) is 0 Å². The zero-order valence-electron chi connectivity index (χ0n) is 7.71. The highest BCUT2D eigenvalue weighted by Gasteiger charge is 2.02. The molecule has 0 bridgehead atoms. The van der Waals surface area contributed by atoms with Crippen molar-refractivity contribution in [1.29, 1.82) is 0 Å². The van der Waals surface area contributed by atoms with Crippen LogP contribution in [0.15, 0.2) is 24.0 Å². The van der Waals surface area contributed by atoms with Gasteiger partial charge in [-0.15, -0.1) is 0 Å². The van der Waals surface area contributed by atoms with Crippen LogP contribution in [0.4, 0.5) is 0 Å². The van der Waals surface area contributed by atoms with E-state index in [1.165, 1.54) is 0 Å². The third-order valence-electron chi connectivity index (χ3n) is 1.34. The number of rotatable bonds is 6. The first-order valence-electron chi connectivity index (χ1n) is 3.98. The van der Waals surface area contributed by atoms with Gasteiger partial charge in [0.1, 0.15) is 0 Å². The molecule has 0 aromatic rings. The van der Waals surface area contributed by atoms with Crippen molar-refractivity contribution in [3.8, 4) is 0 Å². The number of aliphatic hydroxyl groups is 1. The lowest BCUT2D eigenvalue weighted by Crippen LogP contribution is -2.00. The molecule has 0 aromatic carbocycles. The maximum Gasteiger partial charge on any atom is 0.370 e. The SMILES string of the molecule is O=C(O)CCC(=O)C=CC=C(O)C(=O)O. The van der Waals surface area contributed by atoms with Gasteiger partial charge >= 0.3 is 11.9 Å². The molecule has 82 valence electrons. The lowest BCUT2D eigenvalue weighted by Gasteiger charge is -1.90. The molecule has 0 unspecified atom stereocenters. The third-order valence-corrected chi connectivity index (χ3v) is 1.34. The molecule has 0 fully saturated rings. The van der Waals surface area contributed by atoms with Crippen LogP contribution < -0.4 is 0 Å². The Kier molecular flexibility index (Phi) is 5.47. The summed E-state index contributed by atoms with van der Waals surface area (Å²) in [7, 11) is 0. The zero-order chi connectivity index (χ0) is 11.8. The Hall–Kier alpha value is -2.11. The molecular weight excluding hydrogens is 204 g/mol. The average Bonchev–Trinajstić information content (AvgIpc) is 2.14. The minimum atomic E-state index is -1.50. The Bertz CT molecular complexity index is 325. The maximum absolute atomic E-state index is 10.9. The first-order chi connectivity index (χ1) is 6.93. The van der Waals surface area contributed by atoms with Crippen LogP contribution in [-0.4, -0.2) is 33.0 Å². The lowest BCUT2D eigenvalue weighted by atomic mass is 10.2. The molecule has 0 aromatic heterocycles. The van der Waals surface area contributed by atoms with Gasteiger partial charge < -0.3 is 15.3 Å². The predicted molar refractivity (Wildman–Crippen MR) is 49.4 cm³/mol. The minimum Gasteiger partial charge on any atom is -0.502 e. The number of aliphatic carboxylic acids is 2. The molecule has 0 spiro atoms. The summed E-state index contributed by atoms with van der Waals surface area (Å²) in [6.45, 7) is 0. The lowest BCUT2D eigenvalue weighted by molar-refractivity contribution is -0.138. The summed E-state index contributed by atoms with van der Waals surface area (Å²) in [5, 5.41) is 25.1. The van der Waals surface area contributed by atoms with Crippen molar-refractivity contribution < 1.29 is 29.7 Å². The van der Waals surface area contributed by atoms with E-state index in [-0.39, 0.29) is 12.8 Å². The molecule has 3 N–H and O–H groups in total. The Labute approximate surface area is 85.1 Å². The number of carbonyl (C=O) groups excluding carboxylic acids is 1. The zero-order valence-corrected chi connectivity index (χ0v) is 7.71. The van der Waals surface area contributed by atoms with Crippen LogP contribution in [-0.2, 0) is 14.4 Å². The second-order valence-electron chi connectivity index (χ2n) is 2.58. The number of carboxylic acid groups (broad SMARTS) is 2. The fourth-order valence-electron chi connectivity index (χ4n) is 0.631. The molecule has 0 saturated carbocycles. The molecule has 0 rings (SSSR count). The van der Waals surface area contributed by atoms with E-state index >= 15 is 0 Å². The van der Waals surface area contributed by atoms with Gasteiger partial charge in [-0.1, -0.05) is 6.08 Å². The van der Waals surface area contributed by atoms with Crippen molar-refractivity contribution >= 4 is 17.7 Å². The van der Waals surface area contributed by atoms with Crippen LogP contribution in [0.25, 0.3) is 0 Å². The van der Waals surface area contributed by atoms with Crippen LogP contribution in [0, 0.1) is 0 Å². The molecule has 15 heavy (non-hydrogen) atoms. The summed E-state index contributed by atoms with van der Waals surface area (Å²) in [5.41, 5.74) is 0. The molecule has 6 heteroatoms. The summed E-state index contributed by atoms with van der Waals surface area (Å²) >= 11 is 0. The van der Waals surface area contributed by atoms with E-state index in [1.807, 2.05) is 0 Å². The first-order valence-corrected chi connectivity index (χ1v) is 3.98. The number of carbonyl (C=O) groups is 3. The number of hydrogen-bond donors (Lipinski definition) is 3. The van der Waals surface area contributed by atoms with Crippen molar-refractivity contribution in [2.75, 3.05) is 0 Å². The monoisotopic (exact) mass is 214 g/mol. The topological polar surface area (TPSA) is 112 Å². The third kappa shape index (κ3) is 7.00. The highest BCUT2D eigenvalue weighted by Crippen LogP contribution is 1.94. The van der Waals surface area contributed by atoms with Gasteiger partial charge in [-0.25, -0.2) is 4.79 Å². The Morgan fingerprint density at radius 2 is 1.60 bits per heavy atom. The summed E-state index contributed by atoms with van der Waals surface area (Å²) in [4.78, 5) is 31.0. The van der Waals surface area contributed by atoms with Crippen molar-refractivity contribution in [3.63, 3.8) is 0 Å². The highest BCUT2D eigenvalue weighted by atomic mass is 16.4. The van der Waals surface area contributed by atoms with Crippen molar-refractivity contribution in [2.24, 2.45) is 0 Å². The Balaban J connectivity index is 4.07. The molecule has 0 heterocycles. The number of aliphatic hydroxyl groups excluding tert-OH is 1. The van der Waals surface area contributed by atoms with Crippen LogP contribution in [0.1, 0.15) is 12.8 Å².